The predicted molar refractivity (Wildman–Crippen MR) is 109 cm³/mol. The van der Waals surface area contributed by atoms with Gasteiger partial charge in [-0.25, -0.2) is 4.39 Å². The predicted octanol–water partition coefficient (Wildman–Crippen LogP) is 5.37. The second kappa shape index (κ2) is 7.53. The van der Waals surface area contributed by atoms with E-state index in [9.17, 15) is 9.18 Å². The summed E-state index contributed by atoms with van der Waals surface area (Å²) in [5.74, 6) is -0.511. The van der Waals surface area contributed by atoms with Crippen LogP contribution in [-0.4, -0.2) is 23.9 Å². The van der Waals surface area contributed by atoms with Crippen molar-refractivity contribution in [1.82, 2.24) is 4.90 Å². The Bertz CT molecular complexity index is 868. The summed E-state index contributed by atoms with van der Waals surface area (Å²) in [5, 5.41) is 5.13. The molecule has 3 nitrogen and oxygen atoms in total. The van der Waals surface area contributed by atoms with E-state index in [-0.39, 0.29) is 10.9 Å². The zero-order valence-electron chi connectivity index (χ0n) is 15.5. The number of anilines is 1. The Labute approximate surface area is 168 Å². The van der Waals surface area contributed by atoms with Crippen molar-refractivity contribution in [2.24, 2.45) is 0 Å². The molecule has 1 aromatic heterocycles. The molecule has 1 atom stereocenters. The van der Waals surface area contributed by atoms with Crippen molar-refractivity contribution in [2.45, 2.75) is 51.0 Å². The average molecular weight is 407 g/mol. The fourth-order valence-electron chi connectivity index (χ4n) is 4.45. The van der Waals surface area contributed by atoms with Gasteiger partial charge in [-0.1, -0.05) is 24.9 Å². The Morgan fingerprint density at radius 3 is 3.04 bits per heavy atom. The number of nitrogens with zero attached hydrogens (tertiary/aromatic N) is 1. The molecule has 2 aliphatic rings. The second-order valence-corrected chi connectivity index (χ2v) is 8.96. The lowest BCUT2D eigenvalue weighted by Crippen LogP contribution is -2.34. The highest BCUT2D eigenvalue weighted by Gasteiger charge is 2.45. The van der Waals surface area contributed by atoms with Gasteiger partial charge < -0.3 is 5.32 Å². The number of rotatable bonds is 6. The Hall–Kier alpha value is -1.43. The monoisotopic (exact) mass is 406 g/mol. The Morgan fingerprint density at radius 2 is 2.22 bits per heavy atom. The van der Waals surface area contributed by atoms with Gasteiger partial charge in [0, 0.05) is 23.7 Å². The van der Waals surface area contributed by atoms with Gasteiger partial charge in [0.2, 0.25) is 5.91 Å². The van der Waals surface area contributed by atoms with Gasteiger partial charge in [0.1, 0.15) is 5.82 Å². The normalized spacial score (nSPS) is 21.8. The molecular formula is C21H24ClFN2OS. The first-order valence-electron chi connectivity index (χ1n) is 9.62. The maximum Gasteiger partial charge on any atom is 0.235 e. The van der Waals surface area contributed by atoms with Crippen LogP contribution in [0.2, 0.25) is 5.02 Å². The third-order valence-electron chi connectivity index (χ3n) is 6.08. The molecule has 0 bridgehead atoms. The average Bonchev–Trinajstić information content (AvgIpc) is 3.22. The van der Waals surface area contributed by atoms with E-state index in [1.165, 1.54) is 16.5 Å². The van der Waals surface area contributed by atoms with E-state index >= 15 is 0 Å². The van der Waals surface area contributed by atoms with E-state index in [2.05, 4.69) is 21.7 Å². The van der Waals surface area contributed by atoms with Gasteiger partial charge >= 0.3 is 0 Å². The fraction of sp³-hybridized carbons (Fsp3) is 0.476. The first-order valence-corrected chi connectivity index (χ1v) is 10.9. The van der Waals surface area contributed by atoms with Crippen molar-refractivity contribution >= 4 is 34.5 Å². The first-order chi connectivity index (χ1) is 13.0. The summed E-state index contributed by atoms with van der Waals surface area (Å²) in [4.78, 5) is 16.8. The van der Waals surface area contributed by atoms with Gasteiger partial charge in [0.25, 0.3) is 0 Å². The number of benzene rings is 1. The molecule has 0 saturated carbocycles. The number of nitrogens with one attached hydrogen (secondary N) is 1. The number of unbranched alkanes of at least 4 members (excludes halogenated alkanes) is 1. The molecule has 0 saturated heterocycles. The van der Waals surface area contributed by atoms with E-state index in [1.54, 1.807) is 6.07 Å². The van der Waals surface area contributed by atoms with Crippen molar-refractivity contribution < 1.29 is 9.18 Å². The molecule has 27 heavy (non-hydrogen) atoms. The molecule has 1 aromatic carbocycles. The molecule has 2 aromatic rings. The molecular weight excluding hydrogens is 383 g/mol. The standard InChI is InChI=1S/C21H24ClFN2OS/c1-2-21(15-11-16(22)17(23)12-18(15)24-20(21)26)7-3-4-8-25-9-5-19-14(13-25)6-10-27-19/h6,10-12H,2-5,7-9,13H2,1H3,(H,24,26). The van der Waals surface area contributed by atoms with Gasteiger partial charge in [-0.2, -0.15) is 0 Å². The number of halogens is 2. The lowest BCUT2D eigenvalue weighted by atomic mass is 9.75. The van der Waals surface area contributed by atoms with Crippen molar-refractivity contribution in [3.8, 4) is 0 Å². The number of fused-ring (bicyclic) bond motifs is 2. The van der Waals surface area contributed by atoms with E-state index in [1.807, 2.05) is 18.3 Å². The Kier molecular flexibility index (Phi) is 5.28. The molecule has 1 N–H and O–H groups in total. The van der Waals surface area contributed by atoms with Gasteiger partial charge in [0.05, 0.1) is 10.4 Å². The summed E-state index contributed by atoms with van der Waals surface area (Å²) in [6.45, 7) is 5.23. The number of carbonyl (C=O) groups is 1. The van der Waals surface area contributed by atoms with Crippen molar-refractivity contribution in [3.05, 3.63) is 50.4 Å². The van der Waals surface area contributed by atoms with Crippen LogP contribution in [0.15, 0.2) is 23.6 Å². The highest BCUT2D eigenvalue weighted by molar-refractivity contribution is 7.10. The zero-order chi connectivity index (χ0) is 19.0. The van der Waals surface area contributed by atoms with Gasteiger partial charge in [-0.05, 0) is 66.9 Å². The van der Waals surface area contributed by atoms with Crippen LogP contribution in [0.5, 0.6) is 0 Å². The molecule has 1 unspecified atom stereocenters. The van der Waals surface area contributed by atoms with Gasteiger partial charge in [-0.15, -0.1) is 11.3 Å². The summed E-state index contributed by atoms with van der Waals surface area (Å²) < 4.78 is 13.8. The summed E-state index contributed by atoms with van der Waals surface area (Å²) in [6, 6.07) is 5.22. The smallest absolute Gasteiger partial charge is 0.235 e. The number of thiophene rings is 1. The van der Waals surface area contributed by atoms with Gasteiger partial charge in [-0.3, -0.25) is 9.69 Å². The van der Waals surface area contributed by atoms with E-state index in [0.717, 1.165) is 50.9 Å². The molecule has 0 fully saturated rings. The molecule has 1 amide bonds. The quantitative estimate of drug-likeness (QED) is 0.654. The lowest BCUT2D eigenvalue weighted by Gasteiger charge is -2.29. The van der Waals surface area contributed by atoms with Crippen LogP contribution < -0.4 is 5.32 Å². The van der Waals surface area contributed by atoms with E-state index in [4.69, 9.17) is 11.6 Å². The van der Waals surface area contributed by atoms with Crippen molar-refractivity contribution in [2.75, 3.05) is 18.4 Å². The lowest BCUT2D eigenvalue weighted by molar-refractivity contribution is -0.121. The zero-order valence-corrected chi connectivity index (χ0v) is 17.1. The molecule has 0 spiro atoms. The Morgan fingerprint density at radius 1 is 1.37 bits per heavy atom. The van der Waals surface area contributed by atoms with Crippen molar-refractivity contribution in [1.29, 1.82) is 0 Å². The van der Waals surface area contributed by atoms with Crippen LogP contribution in [0.1, 0.15) is 48.6 Å². The van der Waals surface area contributed by atoms with Crippen molar-refractivity contribution in [3.63, 3.8) is 0 Å². The maximum absolute atomic E-state index is 13.8. The fourth-order valence-corrected chi connectivity index (χ4v) is 5.50. The summed E-state index contributed by atoms with van der Waals surface area (Å²) in [6.07, 6.45) is 4.62. The first kappa shape index (κ1) is 18.9. The minimum atomic E-state index is -0.588. The number of hydrogen-bond donors (Lipinski definition) is 1. The summed E-state index contributed by atoms with van der Waals surface area (Å²) in [5.41, 5.74) is 2.30. The number of hydrogen-bond acceptors (Lipinski definition) is 3. The van der Waals surface area contributed by atoms with Crippen LogP contribution in [0.4, 0.5) is 10.1 Å². The summed E-state index contributed by atoms with van der Waals surface area (Å²) >= 11 is 7.86. The molecule has 3 heterocycles. The van der Waals surface area contributed by atoms with Crippen LogP contribution in [-0.2, 0) is 23.2 Å². The largest absolute Gasteiger partial charge is 0.325 e. The molecule has 4 rings (SSSR count). The highest BCUT2D eigenvalue weighted by atomic mass is 35.5. The van der Waals surface area contributed by atoms with Crippen LogP contribution in [0.3, 0.4) is 0 Å². The Balaban J connectivity index is 1.39. The summed E-state index contributed by atoms with van der Waals surface area (Å²) in [7, 11) is 0. The minimum Gasteiger partial charge on any atom is -0.325 e. The van der Waals surface area contributed by atoms with Gasteiger partial charge in [0.15, 0.2) is 0 Å². The maximum atomic E-state index is 13.8. The molecule has 144 valence electrons. The SMILES string of the molecule is CCC1(CCCCN2CCc3sccc3C2)C(=O)Nc2cc(F)c(Cl)cc21. The van der Waals surface area contributed by atoms with Crippen LogP contribution in [0.25, 0.3) is 0 Å². The number of amides is 1. The molecule has 0 radical (unpaired) electrons. The minimum absolute atomic E-state index is 0.0254. The third-order valence-corrected chi connectivity index (χ3v) is 7.39. The topological polar surface area (TPSA) is 32.3 Å². The number of carbonyl (C=O) groups excluding carboxylic acids is 1. The van der Waals surface area contributed by atoms with E-state index in [0.29, 0.717) is 12.1 Å². The van der Waals surface area contributed by atoms with Crippen LogP contribution >= 0.6 is 22.9 Å². The molecule has 6 heteroatoms. The molecule has 0 aliphatic carbocycles. The molecule has 2 aliphatic heterocycles. The van der Waals surface area contributed by atoms with Crippen LogP contribution in [0, 0.1) is 5.82 Å². The highest BCUT2D eigenvalue weighted by Crippen LogP contribution is 2.45. The second-order valence-electron chi connectivity index (χ2n) is 7.55. The van der Waals surface area contributed by atoms with E-state index < -0.39 is 11.2 Å². The third kappa shape index (κ3) is 3.41.